The number of carboxylic acid groups (broad SMARTS) is 1. The number of halogens is 1. The van der Waals surface area contributed by atoms with Crippen molar-refractivity contribution in [1.29, 1.82) is 0 Å². The highest BCUT2D eigenvalue weighted by molar-refractivity contribution is 8.00. The van der Waals surface area contributed by atoms with Crippen LogP contribution < -0.4 is 0 Å². The van der Waals surface area contributed by atoms with Crippen LogP contribution >= 0.6 is 23.4 Å². The third kappa shape index (κ3) is 3.39. The fraction of sp³-hybridized carbons (Fsp3) is 0.222. The topological polar surface area (TPSA) is 76.5 Å². The van der Waals surface area contributed by atoms with Gasteiger partial charge in [0.25, 0.3) is 0 Å². The average Bonchev–Trinajstić information content (AvgIpc) is 2.26. The van der Waals surface area contributed by atoms with Gasteiger partial charge in [-0.2, -0.15) is 0 Å². The number of methoxy groups -OCH3 is 1. The van der Waals surface area contributed by atoms with Crippen LogP contribution in [0.4, 0.5) is 0 Å². The summed E-state index contributed by atoms with van der Waals surface area (Å²) in [5.74, 6) is -1.42. The lowest BCUT2D eigenvalue weighted by Gasteiger charge is -2.02. The Morgan fingerprint density at radius 1 is 1.62 bits per heavy atom. The number of rotatable bonds is 4. The maximum Gasteiger partial charge on any atom is 0.337 e. The van der Waals surface area contributed by atoms with Crippen LogP contribution in [0.3, 0.4) is 0 Å². The van der Waals surface area contributed by atoms with Gasteiger partial charge in [-0.3, -0.25) is 4.79 Å². The number of hydrogen-bond donors (Lipinski definition) is 1. The molecule has 1 rings (SSSR count). The lowest BCUT2D eigenvalue weighted by molar-refractivity contribution is -0.137. The van der Waals surface area contributed by atoms with Crippen molar-refractivity contribution in [3.63, 3.8) is 0 Å². The van der Waals surface area contributed by atoms with Gasteiger partial charge >= 0.3 is 11.9 Å². The van der Waals surface area contributed by atoms with Crippen molar-refractivity contribution in [2.45, 2.75) is 5.03 Å². The van der Waals surface area contributed by atoms with Gasteiger partial charge in [0.05, 0.1) is 23.4 Å². The molecule has 0 atom stereocenters. The van der Waals surface area contributed by atoms with Crippen LogP contribution in [0, 0.1) is 0 Å². The highest BCUT2D eigenvalue weighted by Gasteiger charge is 2.10. The Hall–Kier alpha value is -1.27. The first kappa shape index (κ1) is 12.8. The molecule has 7 heteroatoms. The van der Waals surface area contributed by atoms with Crippen LogP contribution in [-0.2, 0) is 9.53 Å². The van der Waals surface area contributed by atoms with E-state index < -0.39 is 11.9 Å². The van der Waals surface area contributed by atoms with Crippen molar-refractivity contribution in [2.75, 3.05) is 12.9 Å². The normalized spacial score (nSPS) is 9.88. The first-order valence-corrected chi connectivity index (χ1v) is 5.49. The Bertz CT molecular complexity index is 424. The Balaban J connectivity index is 2.75. The van der Waals surface area contributed by atoms with Crippen molar-refractivity contribution < 1.29 is 19.4 Å². The summed E-state index contributed by atoms with van der Waals surface area (Å²) >= 11 is 6.89. The van der Waals surface area contributed by atoms with E-state index in [4.69, 9.17) is 16.7 Å². The third-order valence-corrected chi connectivity index (χ3v) is 2.99. The third-order valence-electron chi connectivity index (χ3n) is 1.61. The fourth-order valence-corrected chi connectivity index (χ4v) is 1.86. The molecule has 5 nitrogen and oxygen atoms in total. The maximum atomic E-state index is 10.9. The zero-order valence-electron chi connectivity index (χ0n) is 8.27. The molecule has 0 bridgehead atoms. The highest BCUT2D eigenvalue weighted by atomic mass is 35.5. The Labute approximate surface area is 101 Å². The molecule has 0 saturated carbocycles. The van der Waals surface area contributed by atoms with Crippen LogP contribution in [0.5, 0.6) is 0 Å². The van der Waals surface area contributed by atoms with Crippen molar-refractivity contribution in [3.8, 4) is 0 Å². The van der Waals surface area contributed by atoms with Crippen LogP contribution in [0.15, 0.2) is 17.3 Å². The minimum atomic E-state index is -1.10. The Morgan fingerprint density at radius 2 is 2.31 bits per heavy atom. The quantitative estimate of drug-likeness (QED) is 0.657. The molecule has 1 aromatic rings. The molecule has 0 fully saturated rings. The molecule has 0 radical (unpaired) electrons. The minimum absolute atomic E-state index is 0.00687. The number of aromatic carboxylic acids is 1. The highest BCUT2D eigenvalue weighted by Crippen LogP contribution is 2.25. The van der Waals surface area contributed by atoms with Crippen LogP contribution in [0.2, 0.25) is 5.02 Å². The van der Waals surface area contributed by atoms with Gasteiger partial charge in [-0.05, 0) is 6.07 Å². The largest absolute Gasteiger partial charge is 0.478 e. The van der Waals surface area contributed by atoms with E-state index in [-0.39, 0.29) is 16.3 Å². The van der Waals surface area contributed by atoms with E-state index in [1.54, 1.807) is 0 Å². The van der Waals surface area contributed by atoms with Crippen LogP contribution in [0.25, 0.3) is 0 Å². The second kappa shape index (κ2) is 5.72. The van der Waals surface area contributed by atoms with Crippen LogP contribution in [-0.4, -0.2) is 34.9 Å². The van der Waals surface area contributed by atoms with Crippen molar-refractivity contribution >= 4 is 35.3 Å². The van der Waals surface area contributed by atoms with Gasteiger partial charge in [-0.25, -0.2) is 9.78 Å². The second-order valence-electron chi connectivity index (χ2n) is 2.68. The first-order chi connectivity index (χ1) is 7.54. The van der Waals surface area contributed by atoms with Gasteiger partial charge in [-0.1, -0.05) is 23.4 Å². The van der Waals surface area contributed by atoms with Crippen molar-refractivity contribution in [3.05, 3.63) is 22.8 Å². The lowest BCUT2D eigenvalue weighted by Crippen LogP contribution is -2.04. The summed E-state index contributed by atoms with van der Waals surface area (Å²) in [6.07, 6.45) is 1.19. The molecule has 1 heterocycles. The number of nitrogens with zero attached hydrogens (tertiary/aromatic N) is 1. The number of pyridine rings is 1. The summed E-state index contributed by atoms with van der Waals surface area (Å²) in [5, 5.41) is 9.28. The predicted molar refractivity (Wildman–Crippen MR) is 58.9 cm³/mol. The molecule has 0 unspecified atom stereocenters. The summed E-state index contributed by atoms with van der Waals surface area (Å²) in [6, 6.07) is 1.29. The molecule has 0 aliphatic rings. The molecule has 0 aliphatic carbocycles. The number of carbonyl (C=O) groups is 2. The van der Waals surface area contributed by atoms with E-state index >= 15 is 0 Å². The molecule has 0 spiro atoms. The van der Waals surface area contributed by atoms with Crippen LogP contribution in [0.1, 0.15) is 10.4 Å². The molecular weight excluding hydrogens is 254 g/mol. The molecule has 0 amide bonds. The summed E-state index contributed by atoms with van der Waals surface area (Å²) in [4.78, 5) is 25.3. The molecule has 1 N–H and O–H groups in total. The minimum Gasteiger partial charge on any atom is -0.478 e. The van der Waals surface area contributed by atoms with Crippen molar-refractivity contribution in [1.82, 2.24) is 4.98 Å². The zero-order valence-corrected chi connectivity index (χ0v) is 9.84. The van der Waals surface area contributed by atoms with Gasteiger partial charge in [0.2, 0.25) is 0 Å². The number of carboxylic acids is 1. The predicted octanol–water partition coefficient (Wildman–Crippen LogP) is 1.70. The van der Waals surface area contributed by atoms with E-state index in [2.05, 4.69) is 9.72 Å². The second-order valence-corrected chi connectivity index (χ2v) is 4.05. The molecule has 0 aromatic carbocycles. The maximum absolute atomic E-state index is 10.9. The first-order valence-electron chi connectivity index (χ1n) is 4.13. The standard InChI is InChI=1S/C9H8ClNO4S/c1-15-7(12)4-16-8-6(10)2-5(3-11-8)9(13)14/h2-3H,4H2,1H3,(H,13,14). The average molecular weight is 262 g/mol. The Kier molecular flexibility index (Phi) is 4.57. The van der Waals surface area contributed by atoms with Gasteiger partial charge in [0, 0.05) is 6.20 Å². The van der Waals surface area contributed by atoms with Crippen molar-refractivity contribution in [2.24, 2.45) is 0 Å². The number of ether oxygens (including phenoxy) is 1. The lowest BCUT2D eigenvalue weighted by atomic mass is 10.3. The number of carbonyl (C=O) groups excluding carboxylic acids is 1. The fourth-order valence-electron chi connectivity index (χ4n) is 0.835. The van der Waals surface area contributed by atoms with Gasteiger partial charge in [0.15, 0.2) is 0 Å². The smallest absolute Gasteiger partial charge is 0.337 e. The summed E-state index contributed by atoms with van der Waals surface area (Å²) in [6.45, 7) is 0. The molecule has 86 valence electrons. The number of hydrogen-bond acceptors (Lipinski definition) is 5. The monoisotopic (exact) mass is 261 g/mol. The molecule has 0 aliphatic heterocycles. The molecule has 16 heavy (non-hydrogen) atoms. The van der Waals surface area contributed by atoms with E-state index in [0.717, 1.165) is 11.8 Å². The summed E-state index contributed by atoms with van der Waals surface area (Å²) < 4.78 is 4.45. The van der Waals surface area contributed by atoms with Gasteiger partial charge < -0.3 is 9.84 Å². The van der Waals surface area contributed by atoms with E-state index in [1.807, 2.05) is 0 Å². The van der Waals surface area contributed by atoms with Gasteiger partial charge in [0.1, 0.15) is 5.03 Å². The summed E-state index contributed by atoms with van der Waals surface area (Å²) in [5.41, 5.74) is 0.00687. The number of thioether (sulfide) groups is 1. The zero-order chi connectivity index (χ0) is 12.1. The Morgan fingerprint density at radius 3 is 2.81 bits per heavy atom. The molecule has 1 aromatic heterocycles. The summed E-state index contributed by atoms with van der Waals surface area (Å²) in [7, 11) is 1.28. The van der Waals surface area contributed by atoms with E-state index in [1.165, 1.54) is 19.4 Å². The molecular formula is C9H8ClNO4S. The number of esters is 1. The SMILES string of the molecule is COC(=O)CSc1ncc(C(=O)O)cc1Cl. The van der Waals surface area contributed by atoms with Gasteiger partial charge in [-0.15, -0.1) is 0 Å². The number of aromatic nitrogens is 1. The molecule has 0 saturated heterocycles. The van der Waals surface area contributed by atoms with E-state index in [9.17, 15) is 9.59 Å². The van der Waals surface area contributed by atoms with E-state index in [0.29, 0.717) is 5.03 Å².